The highest BCUT2D eigenvalue weighted by molar-refractivity contribution is 5.36. The Bertz CT molecular complexity index is 385. The third-order valence-corrected chi connectivity index (χ3v) is 4.38. The van der Waals surface area contributed by atoms with Gasteiger partial charge in [0.05, 0.1) is 6.61 Å². The van der Waals surface area contributed by atoms with Gasteiger partial charge in [0.15, 0.2) is 0 Å². The van der Waals surface area contributed by atoms with Gasteiger partial charge in [-0.3, -0.25) is 0 Å². The van der Waals surface area contributed by atoms with Crippen LogP contribution in [0.15, 0.2) is 24.3 Å². The number of para-hydroxylation sites is 1. The van der Waals surface area contributed by atoms with Crippen LogP contribution in [0.5, 0.6) is 5.75 Å². The molecule has 1 fully saturated rings. The summed E-state index contributed by atoms with van der Waals surface area (Å²) in [6.45, 7) is 5.98. The van der Waals surface area contributed by atoms with Crippen LogP contribution in [0.3, 0.4) is 0 Å². The van der Waals surface area contributed by atoms with E-state index in [1.54, 1.807) is 0 Å². The van der Waals surface area contributed by atoms with Gasteiger partial charge in [-0.25, -0.2) is 0 Å². The standard InChI is InChI=1S/C18H29NO/c1-3-19-17(14-13-15-9-5-6-10-15)16-11-7-8-12-18(16)20-4-2/h7-8,11-12,15,17,19H,3-6,9-10,13-14H2,1-2H3. The van der Waals surface area contributed by atoms with E-state index < -0.39 is 0 Å². The molecule has 1 aliphatic carbocycles. The van der Waals surface area contributed by atoms with Crippen LogP contribution in [0.25, 0.3) is 0 Å². The first kappa shape index (κ1) is 15.4. The van der Waals surface area contributed by atoms with Gasteiger partial charge in [-0.15, -0.1) is 0 Å². The van der Waals surface area contributed by atoms with E-state index in [-0.39, 0.29) is 0 Å². The number of benzene rings is 1. The van der Waals surface area contributed by atoms with Gasteiger partial charge in [0.2, 0.25) is 0 Å². The quantitative estimate of drug-likeness (QED) is 0.742. The molecule has 0 aromatic heterocycles. The number of hydrogen-bond donors (Lipinski definition) is 1. The third-order valence-electron chi connectivity index (χ3n) is 4.38. The maximum Gasteiger partial charge on any atom is 0.124 e. The molecule has 0 heterocycles. The van der Waals surface area contributed by atoms with Crippen molar-refractivity contribution in [3.8, 4) is 5.75 Å². The predicted octanol–water partition coefficient (Wildman–Crippen LogP) is 4.71. The lowest BCUT2D eigenvalue weighted by atomic mass is 9.94. The smallest absolute Gasteiger partial charge is 0.124 e. The number of nitrogens with one attached hydrogen (secondary N) is 1. The Balaban J connectivity index is 2.02. The van der Waals surface area contributed by atoms with Gasteiger partial charge in [0.1, 0.15) is 5.75 Å². The molecule has 1 aromatic carbocycles. The van der Waals surface area contributed by atoms with Crippen molar-refractivity contribution in [3.63, 3.8) is 0 Å². The van der Waals surface area contributed by atoms with E-state index in [4.69, 9.17) is 4.74 Å². The molecule has 2 rings (SSSR count). The van der Waals surface area contributed by atoms with E-state index in [9.17, 15) is 0 Å². The molecule has 1 N–H and O–H groups in total. The van der Waals surface area contributed by atoms with Crippen LogP contribution >= 0.6 is 0 Å². The maximum atomic E-state index is 5.80. The summed E-state index contributed by atoms with van der Waals surface area (Å²) in [5.41, 5.74) is 1.33. The molecular weight excluding hydrogens is 246 g/mol. The minimum Gasteiger partial charge on any atom is -0.494 e. The van der Waals surface area contributed by atoms with Gasteiger partial charge in [0.25, 0.3) is 0 Å². The second-order valence-electron chi connectivity index (χ2n) is 5.81. The molecule has 112 valence electrons. The molecule has 1 atom stereocenters. The van der Waals surface area contributed by atoms with Crippen LogP contribution in [0.1, 0.15) is 64.0 Å². The fourth-order valence-electron chi connectivity index (χ4n) is 3.37. The van der Waals surface area contributed by atoms with Gasteiger partial charge < -0.3 is 10.1 Å². The van der Waals surface area contributed by atoms with Crippen LogP contribution in [0.2, 0.25) is 0 Å². The molecule has 1 aromatic rings. The van der Waals surface area contributed by atoms with Crippen LogP contribution in [0.4, 0.5) is 0 Å². The van der Waals surface area contributed by atoms with Crippen molar-refractivity contribution < 1.29 is 4.74 Å². The van der Waals surface area contributed by atoms with E-state index in [2.05, 4.69) is 43.4 Å². The summed E-state index contributed by atoms with van der Waals surface area (Å²) in [6, 6.07) is 8.93. The van der Waals surface area contributed by atoms with Crippen molar-refractivity contribution in [3.05, 3.63) is 29.8 Å². The second-order valence-corrected chi connectivity index (χ2v) is 5.81. The van der Waals surface area contributed by atoms with E-state index in [1.165, 1.54) is 44.1 Å². The molecule has 20 heavy (non-hydrogen) atoms. The topological polar surface area (TPSA) is 21.3 Å². The molecule has 1 saturated carbocycles. The Morgan fingerprint density at radius 3 is 2.65 bits per heavy atom. The maximum absolute atomic E-state index is 5.80. The molecular formula is C18H29NO. The SMILES string of the molecule is CCNC(CCC1CCCC1)c1ccccc1OCC. The van der Waals surface area contributed by atoms with Gasteiger partial charge in [-0.2, -0.15) is 0 Å². The first-order valence-electron chi connectivity index (χ1n) is 8.30. The van der Waals surface area contributed by atoms with Gasteiger partial charge in [0, 0.05) is 11.6 Å². The van der Waals surface area contributed by atoms with Crippen molar-refractivity contribution in [1.82, 2.24) is 5.32 Å². The van der Waals surface area contributed by atoms with Crippen molar-refractivity contribution in [2.24, 2.45) is 5.92 Å². The molecule has 0 amide bonds. The highest BCUT2D eigenvalue weighted by Crippen LogP contribution is 2.33. The predicted molar refractivity (Wildman–Crippen MR) is 85.2 cm³/mol. The van der Waals surface area contributed by atoms with Crippen LogP contribution in [-0.4, -0.2) is 13.2 Å². The van der Waals surface area contributed by atoms with Crippen molar-refractivity contribution in [2.45, 2.75) is 58.4 Å². The van der Waals surface area contributed by atoms with E-state index >= 15 is 0 Å². The van der Waals surface area contributed by atoms with Gasteiger partial charge in [-0.1, -0.05) is 50.8 Å². The van der Waals surface area contributed by atoms with Gasteiger partial charge in [-0.05, 0) is 38.3 Å². The number of ether oxygens (including phenoxy) is 1. The zero-order chi connectivity index (χ0) is 14.2. The van der Waals surface area contributed by atoms with E-state index in [0.717, 1.165) is 24.8 Å². The Morgan fingerprint density at radius 2 is 1.95 bits per heavy atom. The Hall–Kier alpha value is -1.02. The highest BCUT2D eigenvalue weighted by Gasteiger charge is 2.19. The first-order chi connectivity index (χ1) is 9.85. The molecule has 2 nitrogen and oxygen atoms in total. The molecule has 0 spiro atoms. The van der Waals surface area contributed by atoms with Crippen LogP contribution in [-0.2, 0) is 0 Å². The average molecular weight is 275 g/mol. The first-order valence-corrected chi connectivity index (χ1v) is 8.30. The summed E-state index contributed by atoms with van der Waals surface area (Å²) < 4.78 is 5.80. The molecule has 0 radical (unpaired) electrons. The summed E-state index contributed by atoms with van der Waals surface area (Å²) >= 11 is 0. The van der Waals surface area contributed by atoms with Crippen LogP contribution < -0.4 is 10.1 Å². The van der Waals surface area contributed by atoms with E-state index in [0.29, 0.717) is 6.04 Å². The van der Waals surface area contributed by atoms with Crippen molar-refractivity contribution >= 4 is 0 Å². The zero-order valence-electron chi connectivity index (χ0n) is 13.0. The number of rotatable bonds is 8. The molecule has 0 saturated heterocycles. The molecule has 2 heteroatoms. The largest absolute Gasteiger partial charge is 0.494 e. The fourth-order valence-corrected chi connectivity index (χ4v) is 3.37. The normalized spacial score (nSPS) is 17.3. The second kappa shape index (κ2) is 8.31. The van der Waals surface area contributed by atoms with Crippen molar-refractivity contribution in [1.29, 1.82) is 0 Å². The van der Waals surface area contributed by atoms with Gasteiger partial charge >= 0.3 is 0 Å². The summed E-state index contributed by atoms with van der Waals surface area (Å²) in [4.78, 5) is 0. The van der Waals surface area contributed by atoms with Crippen molar-refractivity contribution in [2.75, 3.05) is 13.2 Å². The minimum absolute atomic E-state index is 0.434. The Morgan fingerprint density at radius 1 is 1.20 bits per heavy atom. The summed E-state index contributed by atoms with van der Waals surface area (Å²) in [6.07, 6.45) is 8.32. The minimum atomic E-state index is 0.434. The average Bonchev–Trinajstić information content (AvgIpc) is 2.98. The summed E-state index contributed by atoms with van der Waals surface area (Å²) in [5.74, 6) is 2.00. The Labute approximate surface area is 123 Å². The summed E-state index contributed by atoms with van der Waals surface area (Å²) in [5, 5.41) is 3.64. The monoisotopic (exact) mass is 275 g/mol. The molecule has 1 aliphatic rings. The number of hydrogen-bond acceptors (Lipinski definition) is 2. The lowest BCUT2D eigenvalue weighted by molar-refractivity contribution is 0.327. The molecule has 1 unspecified atom stereocenters. The van der Waals surface area contributed by atoms with Crippen LogP contribution in [0, 0.1) is 5.92 Å². The lowest BCUT2D eigenvalue weighted by Crippen LogP contribution is -2.22. The third kappa shape index (κ3) is 4.24. The Kier molecular flexibility index (Phi) is 6.38. The lowest BCUT2D eigenvalue weighted by Gasteiger charge is -2.22. The van der Waals surface area contributed by atoms with E-state index in [1.807, 2.05) is 0 Å². The fraction of sp³-hybridized carbons (Fsp3) is 0.667. The highest BCUT2D eigenvalue weighted by atomic mass is 16.5. The molecule has 0 aliphatic heterocycles. The zero-order valence-corrected chi connectivity index (χ0v) is 13.0. The summed E-state index contributed by atoms with van der Waals surface area (Å²) in [7, 11) is 0. The molecule has 0 bridgehead atoms.